The molecule has 0 saturated heterocycles. The Balaban J connectivity index is 2.07. The third kappa shape index (κ3) is 2.97. The molecule has 0 N–H and O–H groups in total. The fraction of sp³-hybridized carbons (Fsp3) is 0.318. The van der Waals surface area contributed by atoms with Crippen molar-refractivity contribution < 1.29 is 9.59 Å². The summed E-state index contributed by atoms with van der Waals surface area (Å²) >= 11 is 4.94. The zero-order valence-electron chi connectivity index (χ0n) is 16.6. The number of nitriles is 1. The highest BCUT2D eigenvalue weighted by Gasteiger charge is 2.51. The van der Waals surface area contributed by atoms with Gasteiger partial charge in [-0.25, -0.2) is 0 Å². The van der Waals surface area contributed by atoms with Crippen LogP contribution in [0.15, 0.2) is 45.0 Å². The minimum atomic E-state index is -0.570. The van der Waals surface area contributed by atoms with E-state index < -0.39 is 5.41 Å². The molecule has 2 aromatic rings. The van der Waals surface area contributed by atoms with Crippen molar-refractivity contribution in [1.29, 1.82) is 5.26 Å². The lowest BCUT2D eigenvalue weighted by Crippen LogP contribution is -2.36. The summed E-state index contributed by atoms with van der Waals surface area (Å²) in [5.41, 5.74) is 1.25. The fourth-order valence-electron chi connectivity index (χ4n) is 4.18. The molecule has 2 unspecified atom stereocenters. The molecule has 2 amide bonds. The highest BCUT2D eigenvalue weighted by atomic mass is 32.2. The monoisotopic (exact) mass is 440 g/mol. The van der Waals surface area contributed by atoms with Gasteiger partial charge in [0, 0.05) is 31.9 Å². The number of nitrogens with zero attached hydrogens (tertiary/aromatic N) is 2. The van der Waals surface area contributed by atoms with Crippen molar-refractivity contribution in [3.63, 3.8) is 0 Å². The van der Waals surface area contributed by atoms with E-state index in [1.165, 1.54) is 0 Å². The van der Waals surface area contributed by atoms with Crippen LogP contribution in [-0.2, 0) is 9.59 Å². The van der Waals surface area contributed by atoms with Crippen molar-refractivity contribution >= 4 is 62.3 Å². The number of imide groups is 1. The van der Waals surface area contributed by atoms with E-state index in [1.807, 2.05) is 50.4 Å². The van der Waals surface area contributed by atoms with Gasteiger partial charge in [-0.15, -0.1) is 34.9 Å². The van der Waals surface area contributed by atoms with Gasteiger partial charge in [0.2, 0.25) is 0 Å². The summed E-state index contributed by atoms with van der Waals surface area (Å²) in [5.74, 6) is -0.698. The van der Waals surface area contributed by atoms with Crippen LogP contribution in [0, 0.1) is 16.7 Å². The Bertz CT molecular complexity index is 1150. The number of benzene rings is 1. The molecule has 0 radical (unpaired) electrons. The first-order valence-corrected chi connectivity index (χ1v) is 12.2. The van der Waals surface area contributed by atoms with E-state index in [9.17, 15) is 14.9 Å². The third-order valence-electron chi connectivity index (χ3n) is 5.64. The molecule has 2 atom stereocenters. The second kappa shape index (κ2) is 7.35. The van der Waals surface area contributed by atoms with Gasteiger partial charge in [0.1, 0.15) is 6.54 Å². The van der Waals surface area contributed by atoms with E-state index in [4.69, 9.17) is 0 Å². The molecular formula is C22H20N2O2S3. The number of hydrogen-bond acceptors (Lipinski definition) is 6. The van der Waals surface area contributed by atoms with Crippen molar-refractivity contribution in [2.75, 3.05) is 12.8 Å². The second-order valence-corrected chi connectivity index (χ2v) is 11.1. The summed E-state index contributed by atoms with van der Waals surface area (Å²) in [7, 11) is 0. The first-order valence-electron chi connectivity index (χ1n) is 9.23. The fourth-order valence-corrected chi connectivity index (χ4v) is 7.44. The van der Waals surface area contributed by atoms with E-state index in [2.05, 4.69) is 13.0 Å². The largest absolute Gasteiger partial charge is 0.269 e. The topological polar surface area (TPSA) is 61.2 Å². The first kappa shape index (κ1) is 20.3. The summed E-state index contributed by atoms with van der Waals surface area (Å²) in [6.07, 6.45) is 4.09. The summed E-state index contributed by atoms with van der Waals surface area (Å²) in [4.78, 5) is 29.2. The van der Waals surface area contributed by atoms with Crippen LogP contribution in [-0.4, -0.2) is 34.8 Å². The van der Waals surface area contributed by atoms with Gasteiger partial charge in [0.25, 0.3) is 11.8 Å². The third-order valence-corrected chi connectivity index (χ3v) is 9.27. The highest BCUT2D eigenvalue weighted by molar-refractivity contribution is 8.03. The quantitative estimate of drug-likeness (QED) is 0.366. The van der Waals surface area contributed by atoms with Gasteiger partial charge >= 0.3 is 0 Å². The SMILES string of the molecule is CSc1sc2ccccc2c1C1=C(C2(C)C=C(C)SC2C)C(=O)N(CC#N)C1=O. The van der Waals surface area contributed by atoms with Gasteiger partial charge in [0.15, 0.2) is 0 Å². The Morgan fingerprint density at radius 2 is 2.00 bits per heavy atom. The second-order valence-electron chi connectivity index (χ2n) is 7.37. The van der Waals surface area contributed by atoms with Gasteiger partial charge in [-0.2, -0.15) is 5.26 Å². The molecule has 3 heterocycles. The molecule has 1 aromatic heterocycles. The van der Waals surface area contributed by atoms with E-state index in [-0.39, 0.29) is 23.6 Å². The normalized spacial score (nSPS) is 24.6. The molecule has 29 heavy (non-hydrogen) atoms. The number of thiophene rings is 1. The van der Waals surface area contributed by atoms with Gasteiger partial charge in [-0.05, 0) is 24.2 Å². The number of amides is 2. The van der Waals surface area contributed by atoms with Crippen LogP contribution in [0.4, 0.5) is 0 Å². The Morgan fingerprint density at radius 1 is 1.28 bits per heavy atom. The van der Waals surface area contributed by atoms with Crippen molar-refractivity contribution in [3.05, 3.63) is 46.4 Å². The number of carbonyl (C=O) groups excluding carboxylic acids is 2. The first-order chi connectivity index (χ1) is 13.8. The summed E-state index contributed by atoms with van der Waals surface area (Å²) in [6, 6.07) is 9.96. The van der Waals surface area contributed by atoms with E-state index in [1.54, 1.807) is 34.9 Å². The standard InChI is InChI=1S/C22H20N2O2S3/c1-12-11-22(3,13(2)28-12)18-17(19(25)24(10-9-23)20(18)26)16-14-7-5-6-8-15(14)29-21(16)27-4/h5-8,11,13H,10H2,1-4H3. The number of fused-ring (bicyclic) bond motifs is 1. The number of thioether (sulfide) groups is 2. The number of carbonyl (C=O) groups is 2. The lowest BCUT2D eigenvalue weighted by atomic mass is 9.76. The Hall–Kier alpha value is -2.01. The van der Waals surface area contributed by atoms with Gasteiger partial charge in [0.05, 0.1) is 15.9 Å². The number of hydrogen-bond donors (Lipinski definition) is 0. The lowest BCUT2D eigenvalue weighted by molar-refractivity contribution is -0.136. The Kier molecular flexibility index (Phi) is 5.14. The predicted molar refractivity (Wildman–Crippen MR) is 122 cm³/mol. The molecule has 0 fully saturated rings. The summed E-state index contributed by atoms with van der Waals surface area (Å²) in [6.45, 7) is 5.93. The van der Waals surface area contributed by atoms with Crippen molar-refractivity contribution in [2.45, 2.75) is 30.2 Å². The van der Waals surface area contributed by atoms with Crippen molar-refractivity contribution in [3.8, 4) is 6.07 Å². The molecule has 148 valence electrons. The predicted octanol–water partition coefficient (Wildman–Crippen LogP) is 5.31. The molecular weight excluding hydrogens is 420 g/mol. The molecule has 2 aliphatic heterocycles. The van der Waals surface area contributed by atoms with Gasteiger partial charge in [-0.1, -0.05) is 38.1 Å². The molecule has 0 aliphatic carbocycles. The molecule has 0 bridgehead atoms. The van der Waals surface area contributed by atoms with E-state index >= 15 is 0 Å². The molecule has 0 spiro atoms. The average molecular weight is 441 g/mol. The molecule has 1 aromatic carbocycles. The lowest BCUT2D eigenvalue weighted by Gasteiger charge is -2.29. The van der Waals surface area contributed by atoms with E-state index in [0.29, 0.717) is 11.1 Å². The molecule has 4 rings (SSSR count). The van der Waals surface area contributed by atoms with Crippen LogP contribution in [0.3, 0.4) is 0 Å². The summed E-state index contributed by atoms with van der Waals surface area (Å²) in [5, 5.41) is 10.3. The molecule has 7 heteroatoms. The summed E-state index contributed by atoms with van der Waals surface area (Å²) < 4.78 is 2.10. The molecule has 0 saturated carbocycles. The minimum absolute atomic E-state index is 0.119. The maximum absolute atomic E-state index is 13.5. The van der Waals surface area contributed by atoms with Gasteiger partial charge in [-0.3, -0.25) is 14.5 Å². The average Bonchev–Trinajstić information content (AvgIpc) is 3.27. The molecule has 2 aliphatic rings. The van der Waals surface area contributed by atoms with Crippen LogP contribution in [0.1, 0.15) is 26.3 Å². The maximum atomic E-state index is 13.5. The molecule has 4 nitrogen and oxygen atoms in total. The van der Waals surface area contributed by atoms with Crippen LogP contribution in [0.5, 0.6) is 0 Å². The minimum Gasteiger partial charge on any atom is -0.269 e. The highest BCUT2D eigenvalue weighted by Crippen LogP contribution is 2.54. The van der Waals surface area contributed by atoms with Crippen LogP contribution < -0.4 is 0 Å². The smallest absolute Gasteiger partial charge is 0.262 e. The van der Waals surface area contributed by atoms with Gasteiger partial charge < -0.3 is 0 Å². The van der Waals surface area contributed by atoms with E-state index in [0.717, 1.165) is 29.7 Å². The zero-order valence-corrected chi connectivity index (χ0v) is 19.1. The van der Waals surface area contributed by atoms with Crippen molar-refractivity contribution in [2.24, 2.45) is 5.41 Å². The Morgan fingerprint density at radius 3 is 2.62 bits per heavy atom. The zero-order chi connectivity index (χ0) is 20.9. The van der Waals surface area contributed by atoms with Crippen LogP contribution in [0.2, 0.25) is 0 Å². The van der Waals surface area contributed by atoms with Crippen LogP contribution in [0.25, 0.3) is 15.7 Å². The number of allylic oxidation sites excluding steroid dienone is 2. The maximum Gasteiger partial charge on any atom is 0.262 e. The van der Waals surface area contributed by atoms with Crippen molar-refractivity contribution in [1.82, 2.24) is 4.90 Å². The Labute approximate surface area is 182 Å². The number of rotatable bonds is 4. The van der Waals surface area contributed by atoms with Crippen LogP contribution >= 0.6 is 34.9 Å².